The molecule has 2 atom stereocenters. The second kappa shape index (κ2) is 3.81. The van der Waals surface area contributed by atoms with E-state index in [1.54, 1.807) is 18.9 Å². The highest BCUT2D eigenvalue weighted by atomic mass is 16.2. The molecule has 2 aliphatic heterocycles. The number of nitrogens with zero attached hydrogens (tertiary/aromatic N) is 2. The van der Waals surface area contributed by atoms with Crippen LogP contribution in [0.25, 0.3) is 0 Å². The average Bonchev–Trinajstić information content (AvgIpc) is 2.79. The summed E-state index contributed by atoms with van der Waals surface area (Å²) < 4.78 is 0. The van der Waals surface area contributed by atoms with Gasteiger partial charge in [-0.25, -0.2) is 4.79 Å². The lowest BCUT2D eigenvalue weighted by Gasteiger charge is -2.22. The summed E-state index contributed by atoms with van der Waals surface area (Å²) in [5, 5.41) is 3.26. The third kappa shape index (κ3) is 1.71. The van der Waals surface area contributed by atoms with E-state index < -0.39 is 0 Å². The molecule has 1 N–H and O–H groups in total. The van der Waals surface area contributed by atoms with Crippen molar-refractivity contribution < 1.29 is 9.59 Å². The summed E-state index contributed by atoms with van der Waals surface area (Å²) in [5.41, 5.74) is 0. The number of carbonyl (C=O) groups excluding carboxylic acids is 2. The molecule has 0 spiro atoms. The minimum Gasteiger partial charge on any atom is -0.316 e. The molecule has 3 amide bonds. The molecule has 0 saturated carbocycles. The van der Waals surface area contributed by atoms with Crippen LogP contribution in [0.2, 0.25) is 0 Å². The second-order valence-electron chi connectivity index (χ2n) is 4.37. The number of urea groups is 1. The molecule has 2 rings (SSSR count). The number of hydrogen-bond acceptors (Lipinski definition) is 3. The first-order chi connectivity index (χ1) is 7.11. The van der Waals surface area contributed by atoms with Gasteiger partial charge >= 0.3 is 6.03 Å². The molecule has 84 valence electrons. The monoisotopic (exact) mass is 211 g/mol. The molecule has 0 aliphatic carbocycles. The molecule has 0 aromatic rings. The van der Waals surface area contributed by atoms with Crippen LogP contribution in [0.4, 0.5) is 4.79 Å². The zero-order chi connectivity index (χ0) is 11.0. The largest absolute Gasteiger partial charge is 0.327 e. The van der Waals surface area contributed by atoms with Crippen LogP contribution in [-0.2, 0) is 4.79 Å². The maximum absolute atomic E-state index is 11.7. The Morgan fingerprint density at radius 2 is 2.20 bits per heavy atom. The van der Waals surface area contributed by atoms with Crippen LogP contribution in [0.3, 0.4) is 0 Å². The summed E-state index contributed by atoms with van der Waals surface area (Å²) in [6.45, 7) is 4.47. The summed E-state index contributed by atoms with van der Waals surface area (Å²) >= 11 is 0. The maximum atomic E-state index is 11.7. The minimum atomic E-state index is -0.289. The molecule has 2 saturated heterocycles. The van der Waals surface area contributed by atoms with E-state index in [9.17, 15) is 9.59 Å². The highest BCUT2D eigenvalue weighted by Gasteiger charge is 2.40. The van der Waals surface area contributed by atoms with Gasteiger partial charge in [-0.3, -0.25) is 9.69 Å². The van der Waals surface area contributed by atoms with Crippen molar-refractivity contribution in [2.45, 2.75) is 19.4 Å². The van der Waals surface area contributed by atoms with Crippen molar-refractivity contribution >= 4 is 11.9 Å². The normalized spacial score (nSPS) is 31.9. The Balaban J connectivity index is 2.02. The van der Waals surface area contributed by atoms with Crippen molar-refractivity contribution in [3.8, 4) is 0 Å². The van der Waals surface area contributed by atoms with Crippen molar-refractivity contribution in [2.24, 2.45) is 5.92 Å². The number of hydrogen-bond donors (Lipinski definition) is 1. The van der Waals surface area contributed by atoms with Crippen LogP contribution < -0.4 is 5.32 Å². The second-order valence-corrected chi connectivity index (χ2v) is 4.37. The molecule has 2 heterocycles. The summed E-state index contributed by atoms with van der Waals surface area (Å²) in [6, 6.07) is -0.442. The van der Waals surface area contributed by atoms with Crippen LogP contribution in [0, 0.1) is 5.92 Å². The van der Waals surface area contributed by atoms with Crippen molar-refractivity contribution in [1.29, 1.82) is 0 Å². The number of rotatable bonds is 2. The maximum Gasteiger partial charge on any atom is 0.327 e. The fraction of sp³-hybridized carbons (Fsp3) is 0.800. The van der Waals surface area contributed by atoms with E-state index in [1.165, 1.54) is 4.90 Å². The van der Waals surface area contributed by atoms with Crippen molar-refractivity contribution in [3.05, 3.63) is 0 Å². The van der Waals surface area contributed by atoms with Crippen molar-refractivity contribution in [1.82, 2.24) is 15.1 Å². The first-order valence-corrected chi connectivity index (χ1v) is 5.40. The summed E-state index contributed by atoms with van der Waals surface area (Å²) in [7, 11) is 1.55. The lowest BCUT2D eigenvalue weighted by molar-refractivity contribution is -0.127. The van der Waals surface area contributed by atoms with Gasteiger partial charge in [-0.2, -0.15) is 0 Å². The van der Waals surface area contributed by atoms with Crippen LogP contribution in [0.15, 0.2) is 0 Å². The molecule has 0 bridgehead atoms. The Morgan fingerprint density at radius 3 is 2.67 bits per heavy atom. The highest BCUT2D eigenvalue weighted by molar-refractivity contribution is 6.03. The SMILES string of the molecule is CC1C(=O)N(C)C(=O)N1CC1CCNC1. The Bertz CT molecular complexity index is 286. The van der Waals surface area contributed by atoms with Gasteiger partial charge in [0.15, 0.2) is 0 Å². The predicted octanol–water partition coefficient (Wildman–Crippen LogP) is -0.122. The zero-order valence-electron chi connectivity index (χ0n) is 9.19. The molecule has 0 aromatic carbocycles. The number of likely N-dealkylation sites (N-methyl/N-ethyl adjacent to an activating group) is 1. The summed E-state index contributed by atoms with van der Waals surface area (Å²) in [6.07, 6.45) is 1.09. The first-order valence-electron chi connectivity index (χ1n) is 5.40. The Morgan fingerprint density at radius 1 is 1.47 bits per heavy atom. The molecule has 2 unspecified atom stereocenters. The average molecular weight is 211 g/mol. The predicted molar refractivity (Wildman–Crippen MR) is 55.3 cm³/mol. The molecule has 5 nitrogen and oxygen atoms in total. The topological polar surface area (TPSA) is 52.7 Å². The molecule has 5 heteroatoms. The molecule has 0 radical (unpaired) electrons. The van der Waals surface area contributed by atoms with Crippen LogP contribution in [0.1, 0.15) is 13.3 Å². The number of carbonyl (C=O) groups is 2. The first kappa shape index (κ1) is 10.4. The molecular weight excluding hydrogens is 194 g/mol. The summed E-state index contributed by atoms with van der Waals surface area (Å²) in [4.78, 5) is 26.2. The van der Waals surface area contributed by atoms with E-state index >= 15 is 0 Å². The van der Waals surface area contributed by atoms with E-state index in [4.69, 9.17) is 0 Å². The standard InChI is InChI=1S/C10H17N3O2/c1-7-9(14)12(2)10(15)13(7)6-8-3-4-11-5-8/h7-8,11H,3-6H2,1-2H3. The molecule has 2 aliphatic rings. The number of imide groups is 1. The number of amides is 3. The quantitative estimate of drug-likeness (QED) is 0.648. The lowest BCUT2D eigenvalue weighted by Crippen LogP contribution is -2.37. The minimum absolute atomic E-state index is 0.0917. The Hall–Kier alpha value is -1.10. The number of nitrogens with one attached hydrogen (secondary N) is 1. The van der Waals surface area contributed by atoms with Gasteiger partial charge in [-0.05, 0) is 32.4 Å². The third-order valence-electron chi connectivity index (χ3n) is 3.31. The van der Waals surface area contributed by atoms with Gasteiger partial charge in [0.05, 0.1) is 0 Å². The molecule has 2 fully saturated rings. The summed E-state index contributed by atoms with van der Waals surface area (Å²) in [5.74, 6) is 0.404. The fourth-order valence-corrected chi connectivity index (χ4v) is 2.25. The zero-order valence-corrected chi connectivity index (χ0v) is 9.19. The van der Waals surface area contributed by atoms with Crippen LogP contribution >= 0.6 is 0 Å². The van der Waals surface area contributed by atoms with Crippen LogP contribution in [-0.4, -0.2) is 54.5 Å². The van der Waals surface area contributed by atoms with Gasteiger partial charge in [-0.15, -0.1) is 0 Å². The Labute approximate surface area is 89.4 Å². The van der Waals surface area contributed by atoms with E-state index in [0.717, 1.165) is 19.5 Å². The van der Waals surface area contributed by atoms with Crippen LogP contribution in [0.5, 0.6) is 0 Å². The van der Waals surface area contributed by atoms with E-state index in [0.29, 0.717) is 12.5 Å². The lowest BCUT2D eigenvalue weighted by atomic mass is 10.1. The fourth-order valence-electron chi connectivity index (χ4n) is 2.25. The van der Waals surface area contributed by atoms with Gasteiger partial charge in [0, 0.05) is 13.6 Å². The van der Waals surface area contributed by atoms with Gasteiger partial charge in [-0.1, -0.05) is 0 Å². The molecular formula is C10H17N3O2. The van der Waals surface area contributed by atoms with Gasteiger partial charge in [0.25, 0.3) is 5.91 Å². The van der Waals surface area contributed by atoms with Crippen molar-refractivity contribution in [2.75, 3.05) is 26.7 Å². The molecule has 0 aromatic heterocycles. The van der Waals surface area contributed by atoms with E-state index in [-0.39, 0.29) is 18.0 Å². The smallest absolute Gasteiger partial charge is 0.316 e. The highest BCUT2D eigenvalue weighted by Crippen LogP contribution is 2.19. The molecule has 15 heavy (non-hydrogen) atoms. The van der Waals surface area contributed by atoms with E-state index in [1.807, 2.05) is 0 Å². The van der Waals surface area contributed by atoms with Gasteiger partial charge in [0.2, 0.25) is 0 Å². The van der Waals surface area contributed by atoms with Crippen molar-refractivity contribution in [3.63, 3.8) is 0 Å². The Kier molecular flexibility index (Phi) is 2.65. The van der Waals surface area contributed by atoms with E-state index in [2.05, 4.69) is 5.32 Å². The third-order valence-corrected chi connectivity index (χ3v) is 3.31. The van der Waals surface area contributed by atoms with Gasteiger partial charge in [0.1, 0.15) is 6.04 Å². The van der Waals surface area contributed by atoms with Gasteiger partial charge < -0.3 is 10.2 Å².